The Kier molecular flexibility index (Phi) is 8.90. The number of hydrogen-bond donors (Lipinski definition) is 0. The van der Waals surface area contributed by atoms with Gasteiger partial charge in [-0.2, -0.15) is 0 Å². The molecule has 1 heterocycles. The zero-order valence-electron chi connectivity index (χ0n) is 32.4. The summed E-state index contributed by atoms with van der Waals surface area (Å²) >= 11 is 0. The molecule has 4 heteroatoms. The predicted octanol–water partition coefficient (Wildman–Crippen LogP) is 13.3. The standard InChI is InChI=1S/C53H41NO3/c1-34-31-45(39-23-19-37(20-24-39)35-13-7-5-8-14-35)50(46(32-34)40-25-21-38(22-26-40)36-15-9-6-10-16-36)54-47-29-27-41(53(2,3)4)33-48(47)57-49(54)30-28-44-51(55)42-17-11-12-18-43(42)52(44)56/h5-33H,1-4H3/b49-30-. The summed E-state index contributed by atoms with van der Waals surface area (Å²) in [4.78, 5) is 29.2. The second-order valence-electron chi connectivity index (χ2n) is 15.8. The summed E-state index contributed by atoms with van der Waals surface area (Å²) < 4.78 is 6.80. The minimum Gasteiger partial charge on any atom is -0.438 e. The van der Waals surface area contributed by atoms with Crippen LogP contribution in [0.4, 0.5) is 11.4 Å². The van der Waals surface area contributed by atoms with E-state index in [1.54, 1.807) is 36.4 Å². The van der Waals surface area contributed by atoms with E-state index in [1.807, 2.05) is 12.1 Å². The van der Waals surface area contributed by atoms with Crippen molar-refractivity contribution in [2.45, 2.75) is 33.1 Å². The molecule has 9 rings (SSSR count). The quantitative estimate of drug-likeness (QED) is 0.126. The molecule has 0 bridgehead atoms. The Morgan fingerprint density at radius 3 is 1.44 bits per heavy atom. The van der Waals surface area contributed by atoms with Gasteiger partial charge in [-0.05, 0) is 87.2 Å². The Balaban J connectivity index is 1.26. The molecule has 4 nitrogen and oxygen atoms in total. The number of hydrogen-bond acceptors (Lipinski definition) is 4. The van der Waals surface area contributed by atoms with E-state index in [-0.39, 0.29) is 22.6 Å². The van der Waals surface area contributed by atoms with Gasteiger partial charge < -0.3 is 4.74 Å². The van der Waals surface area contributed by atoms with Crippen molar-refractivity contribution >= 4 is 22.9 Å². The van der Waals surface area contributed by atoms with Crippen LogP contribution in [0.5, 0.6) is 5.75 Å². The highest BCUT2D eigenvalue weighted by molar-refractivity contribution is 6.39. The molecule has 7 aromatic carbocycles. The summed E-state index contributed by atoms with van der Waals surface area (Å²) in [5.74, 6) is 0.639. The molecule has 0 amide bonds. The number of carbonyl (C=O) groups is 2. The second kappa shape index (κ2) is 14.2. The van der Waals surface area contributed by atoms with Gasteiger partial charge in [-0.15, -0.1) is 0 Å². The number of benzene rings is 7. The van der Waals surface area contributed by atoms with E-state index in [1.165, 1.54) is 0 Å². The number of rotatable bonds is 6. The molecule has 1 aliphatic carbocycles. The van der Waals surface area contributed by atoms with Crippen LogP contribution in [0.3, 0.4) is 0 Å². The average molecular weight is 740 g/mol. The number of carbonyl (C=O) groups excluding carboxylic acids is 2. The van der Waals surface area contributed by atoms with Gasteiger partial charge in [-0.1, -0.05) is 160 Å². The van der Waals surface area contributed by atoms with Crippen LogP contribution in [-0.2, 0) is 5.41 Å². The number of Topliss-reactive ketones (excluding diaryl/α,β-unsaturated/α-hetero) is 2. The summed E-state index contributed by atoms with van der Waals surface area (Å²) in [7, 11) is 0. The molecule has 2 aliphatic rings. The molecule has 276 valence electrons. The van der Waals surface area contributed by atoms with Crippen molar-refractivity contribution in [3.63, 3.8) is 0 Å². The van der Waals surface area contributed by atoms with E-state index < -0.39 is 0 Å². The number of nitrogens with zero attached hydrogens (tertiary/aromatic N) is 1. The summed E-state index contributed by atoms with van der Waals surface area (Å²) in [6, 6.07) is 56.0. The van der Waals surface area contributed by atoms with Crippen LogP contribution in [0, 0.1) is 6.92 Å². The van der Waals surface area contributed by atoms with E-state index in [9.17, 15) is 9.59 Å². The molecule has 1 aliphatic heterocycles. The van der Waals surface area contributed by atoms with Crippen molar-refractivity contribution in [3.8, 4) is 50.3 Å². The summed E-state index contributed by atoms with van der Waals surface area (Å²) in [6.45, 7) is 8.69. The van der Waals surface area contributed by atoms with Crippen molar-refractivity contribution in [2.24, 2.45) is 0 Å². The molecule has 0 saturated carbocycles. The first-order valence-corrected chi connectivity index (χ1v) is 19.3. The fraction of sp³-hybridized carbons (Fsp3) is 0.0943. The van der Waals surface area contributed by atoms with Gasteiger partial charge >= 0.3 is 0 Å². The molecule has 0 saturated heterocycles. The van der Waals surface area contributed by atoms with E-state index >= 15 is 0 Å². The van der Waals surface area contributed by atoms with Crippen LogP contribution in [0.25, 0.3) is 44.5 Å². The predicted molar refractivity (Wildman–Crippen MR) is 232 cm³/mol. The zero-order chi connectivity index (χ0) is 39.3. The highest BCUT2D eigenvalue weighted by atomic mass is 16.5. The monoisotopic (exact) mass is 739 g/mol. The molecular weight excluding hydrogens is 699 g/mol. The van der Waals surface area contributed by atoms with Crippen LogP contribution in [0.1, 0.15) is 52.6 Å². The average Bonchev–Trinajstić information content (AvgIpc) is 3.72. The van der Waals surface area contributed by atoms with Gasteiger partial charge in [-0.25, -0.2) is 0 Å². The molecule has 0 aromatic heterocycles. The summed E-state index contributed by atoms with van der Waals surface area (Å²) in [5.41, 5.74) is 13.6. The number of ketones is 2. The zero-order valence-corrected chi connectivity index (χ0v) is 32.4. The Bertz CT molecular complexity index is 2610. The van der Waals surface area contributed by atoms with Crippen LogP contribution >= 0.6 is 0 Å². The molecular formula is C53H41NO3. The third-order valence-electron chi connectivity index (χ3n) is 10.9. The van der Waals surface area contributed by atoms with Crippen LogP contribution < -0.4 is 9.64 Å². The smallest absolute Gasteiger partial charge is 0.205 e. The highest BCUT2D eigenvalue weighted by Crippen LogP contribution is 2.52. The Hall–Kier alpha value is -7.04. The van der Waals surface area contributed by atoms with Gasteiger partial charge in [-0.3, -0.25) is 14.5 Å². The van der Waals surface area contributed by atoms with Crippen molar-refractivity contribution in [1.82, 2.24) is 0 Å². The lowest BCUT2D eigenvalue weighted by atomic mass is 9.86. The number of anilines is 2. The fourth-order valence-corrected chi connectivity index (χ4v) is 7.85. The van der Waals surface area contributed by atoms with Gasteiger partial charge in [0, 0.05) is 28.3 Å². The van der Waals surface area contributed by atoms with Crippen molar-refractivity contribution in [3.05, 3.63) is 210 Å². The molecule has 7 aromatic rings. The SMILES string of the molecule is Cc1cc(-c2ccc(-c3ccccc3)cc2)c(N2/C(=C/C=C3C(=O)c4ccccc4C3=O)Oc3cc(C(C)(C)C)ccc32)c(-c2ccc(-c3ccccc3)cc2)c1. The third-order valence-corrected chi connectivity index (χ3v) is 10.9. The Labute approximate surface area is 334 Å². The highest BCUT2D eigenvalue weighted by Gasteiger charge is 2.35. The minimum atomic E-state index is -0.279. The van der Waals surface area contributed by atoms with Gasteiger partial charge in [0.05, 0.1) is 16.9 Å². The first-order valence-electron chi connectivity index (χ1n) is 19.3. The molecule has 0 N–H and O–H groups in total. The maximum Gasteiger partial charge on any atom is 0.205 e. The number of fused-ring (bicyclic) bond motifs is 2. The maximum absolute atomic E-state index is 13.5. The van der Waals surface area contributed by atoms with Gasteiger partial charge in [0.2, 0.25) is 5.88 Å². The van der Waals surface area contributed by atoms with E-state index in [4.69, 9.17) is 4.74 Å². The fourth-order valence-electron chi connectivity index (χ4n) is 7.85. The summed E-state index contributed by atoms with van der Waals surface area (Å²) in [5, 5.41) is 0. The van der Waals surface area contributed by atoms with Gasteiger partial charge in [0.1, 0.15) is 0 Å². The first-order chi connectivity index (χ1) is 27.6. The van der Waals surface area contributed by atoms with Crippen LogP contribution in [-0.4, -0.2) is 11.6 Å². The largest absolute Gasteiger partial charge is 0.438 e. The molecule has 0 spiro atoms. The van der Waals surface area contributed by atoms with Crippen LogP contribution in [0.2, 0.25) is 0 Å². The molecule has 57 heavy (non-hydrogen) atoms. The minimum absolute atomic E-state index is 0.118. The normalized spacial score (nSPS) is 14.1. The molecule has 0 atom stereocenters. The Morgan fingerprint density at radius 1 is 0.491 bits per heavy atom. The van der Waals surface area contributed by atoms with E-state index in [0.29, 0.717) is 22.8 Å². The van der Waals surface area contributed by atoms with Crippen molar-refractivity contribution < 1.29 is 14.3 Å². The van der Waals surface area contributed by atoms with Crippen molar-refractivity contribution in [1.29, 1.82) is 0 Å². The van der Waals surface area contributed by atoms with E-state index in [0.717, 1.165) is 67.0 Å². The lowest BCUT2D eigenvalue weighted by Crippen LogP contribution is -2.16. The van der Waals surface area contributed by atoms with Crippen LogP contribution in [0.15, 0.2) is 187 Å². The lowest BCUT2D eigenvalue weighted by molar-refractivity contribution is 0.0988. The Morgan fingerprint density at radius 2 is 0.947 bits per heavy atom. The number of allylic oxidation sites excluding steroid dienone is 3. The van der Waals surface area contributed by atoms with Gasteiger partial charge in [0.25, 0.3) is 0 Å². The molecule has 0 fully saturated rings. The molecule has 0 radical (unpaired) electrons. The maximum atomic E-state index is 13.5. The third kappa shape index (κ3) is 6.59. The number of ether oxygens (including phenoxy) is 1. The first kappa shape index (κ1) is 35.6. The summed E-state index contributed by atoms with van der Waals surface area (Å²) in [6.07, 6.45) is 3.40. The van der Waals surface area contributed by atoms with Crippen molar-refractivity contribution in [2.75, 3.05) is 4.90 Å². The second-order valence-corrected chi connectivity index (χ2v) is 15.8. The molecule has 0 unspecified atom stereocenters. The van der Waals surface area contributed by atoms with E-state index in [2.05, 4.69) is 160 Å². The lowest BCUT2D eigenvalue weighted by Gasteiger charge is -2.27. The van der Waals surface area contributed by atoms with Gasteiger partial charge in [0.15, 0.2) is 17.3 Å². The topological polar surface area (TPSA) is 46.6 Å². The number of aryl methyl sites for hydroxylation is 1.